The predicted octanol–water partition coefficient (Wildman–Crippen LogP) is 2.95. The number of aryl methyl sites for hydroxylation is 2. The van der Waals surface area contributed by atoms with Gasteiger partial charge in [0.1, 0.15) is 5.75 Å². The van der Waals surface area contributed by atoms with E-state index in [1.807, 2.05) is 6.07 Å². The highest BCUT2D eigenvalue weighted by Gasteiger charge is 2.13. The van der Waals surface area contributed by atoms with E-state index < -0.39 is 0 Å². The van der Waals surface area contributed by atoms with Gasteiger partial charge in [-0.05, 0) is 55.8 Å². The molecule has 0 radical (unpaired) electrons. The molecule has 0 saturated heterocycles. The molecule has 2 nitrogen and oxygen atoms in total. The molecule has 1 aromatic rings. The lowest BCUT2D eigenvalue weighted by Gasteiger charge is -2.11. The first kappa shape index (κ1) is 11.7. The maximum Gasteiger partial charge on any atom is 0.141 e. The molecule has 0 atom stereocenters. The van der Waals surface area contributed by atoms with Crippen molar-refractivity contribution in [2.75, 3.05) is 13.2 Å². The van der Waals surface area contributed by atoms with E-state index in [1.165, 1.54) is 17.5 Å². The quantitative estimate of drug-likeness (QED) is 0.880. The first-order chi connectivity index (χ1) is 7.81. The van der Waals surface area contributed by atoms with Gasteiger partial charge in [0.15, 0.2) is 0 Å². The zero-order valence-corrected chi connectivity index (χ0v) is 10.2. The number of benzene rings is 1. The van der Waals surface area contributed by atoms with E-state index in [1.54, 1.807) is 0 Å². The van der Waals surface area contributed by atoms with E-state index in [0.29, 0.717) is 0 Å². The predicted molar refractivity (Wildman–Crippen MR) is 67.3 cm³/mol. The Morgan fingerprint density at radius 1 is 1.31 bits per heavy atom. The van der Waals surface area contributed by atoms with E-state index in [4.69, 9.17) is 22.1 Å². The second-order valence-electron chi connectivity index (χ2n) is 4.26. The molecule has 16 heavy (non-hydrogen) atoms. The molecule has 88 valence electrons. The minimum atomic E-state index is 0.727. The van der Waals surface area contributed by atoms with Crippen molar-refractivity contribution in [3.8, 4) is 5.75 Å². The second kappa shape index (κ2) is 5.55. The molecule has 1 heterocycles. The van der Waals surface area contributed by atoms with Crippen LogP contribution in [0.2, 0.25) is 5.02 Å². The standard InChI is InChI=1S/C13H18ClNO/c14-12-9-10(4-3-6-15)8-11-5-1-2-7-16-13(11)12/h8-9H,1-7,15H2. The van der Waals surface area contributed by atoms with Gasteiger partial charge >= 0.3 is 0 Å². The summed E-state index contributed by atoms with van der Waals surface area (Å²) in [6.07, 6.45) is 5.39. The number of ether oxygens (including phenoxy) is 1. The summed E-state index contributed by atoms with van der Waals surface area (Å²) in [5.41, 5.74) is 8.06. The Balaban J connectivity index is 2.24. The molecule has 1 aromatic carbocycles. The van der Waals surface area contributed by atoms with Crippen LogP contribution in [0.3, 0.4) is 0 Å². The number of hydrogen-bond donors (Lipinski definition) is 1. The maximum absolute atomic E-state index is 6.24. The van der Waals surface area contributed by atoms with Gasteiger partial charge < -0.3 is 10.5 Å². The van der Waals surface area contributed by atoms with Crippen LogP contribution >= 0.6 is 11.6 Å². The zero-order chi connectivity index (χ0) is 11.4. The molecule has 3 heteroatoms. The SMILES string of the molecule is NCCCc1cc(Cl)c2c(c1)CCCCO2. The molecule has 2 N–H and O–H groups in total. The van der Waals surface area contributed by atoms with Gasteiger partial charge in [0.05, 0.1) is 11.6 Å². The summed E-state index contributed by atoms with van der Waals surface area (Å²) in [5.74, 6) is 0.899. The van der Waals surface area contributed by atoms with Gasteiger partial charge in [0.25, 0.3) is 0 Å². The molecule has 0 aromatic heterocycles. The molecule has 1 aliphatic rings. The normalized spacial score (nSPS) is 15.1. The van der Waals surface area contributed by atoms with Crippen molar-refractivity contribution in [2.24, 2.45) is 5.73 Å². The molecule has 0 fully saturated rings. The molecular formula is C13H18ClNO. The first-order valence-electron chi connectivity index (χ1n) is 5.95. The average molecular weight is 240 g/mol. The monoisotopic (exact) mass is 239 g/mol. The van der Waals surface area contributed by atoms with Crippen LogP contribution in [0.4, 0.5) is 0 Å². The first-order valence-corrected chi connectivity index (χ1v) is 6.33. The topological polar surface area (TPSA) is 35.2 Å². The summed E-state index contributed by atoms with van der Waals surface area (Å²) >= 11 is 6.24. The van der Waals surface area contributed by atoms with Gasteiger partial charge in [-0.1, -0.05) is 17.7 Å². The molecule has 0 aliphatic carbocycles. The third-order valence-corrected chi connectivity index (χ3v) is 3.22. The summed E-state index contributed by atoms with van der Waals surface area (Å²) < 4.78 is 5.68. The van der Waals surface area contributed by atoms with Crippen LogP contribution < -0.4 is 10.5 Å². The van der Waals surface area contributed by atoms with Gasteiger partial charge in [-0.25, -0.2) is 0 Å². The van der Waals surface area contributed by atoms with Crippen LogP contribution in [-0.4, -0.2) is 13.2 Å². The lowest BCUT2D eigenvalue weighted by molar-refractivity contribution is 0.317. The zero-order valence-electron chi connectivity index (χ0n) is 9.47. The summed E-state index contributed by atoms with van der Waals surface area (Å²) in [5, 5.41) is 0.756. The van der Waals surface area contributed by atoms with Crippen molar-refractivity contribution >= 4 is 11.6 Å². The highest BCUT2D eigenvalue weighted by atomic mass is 35.5. The van der Waals surface area contributed by atoms with E-state index >= 15 is 0 Å². The van der Waals surface area contributed by atoms with Crippen LogP contribution in [0.15, 0.2) is 12.1 Å². The smallest absolute Gasteiger partial charge is 0.141 e. The summed E-state index contributed by atoms with van der Waals surface area (Å²) in [7, 11) is 0. The van der Waals surface area contributed by atoms with Crippen molar-refractivity contribution in [2.45, 2.75) is 32.1 Å². The van der Waals surface area contributed by atoms with Gasteiger partial charge in [-0.3, -0.25) is 0 Å². The fourth-order valence-corrected chi connectivity index (χ4v) is 2.42. The fraction of sp³-hybridized carbons (Fsp3) is 0.538. The van der Waals surface area contributed by atoms with Crippen LogP contribution in [0.5, 0.6) is 5.75 Å². The molecule has 0 unspecified atom stereocenters. The Morgan fingerprint density at radius 3 is 3.00 bits per heavy atom. The number of nitrogens with two attached hydrogens (primary N) is 1. The number of fused-ring (bicyclic) bond motifs is 1. The maximum atomic E-state index is 6.24. The van der Waals surface area contributed by atoms with Crippen molar-refractivity contribution in [3.05, 3.63) is 28.3 Å². The Morgan fingerprint density at radius 2 is 2.19 bits per heavy atom. The Hall–Kier alpha value is -0.730. The molecular weight excluding hydrogens is 222 g/mol. The van der Waals surface area contributed by atoms with E-state index in [0.717, 1.165) is 49.6 Å². The van der Waals surface area contributed by atoms with Crippen molar-refractivity contribution in [1.29, 1.82) is 0 Å². The van der Waals surface area contributed by atoms with Crippen LogP contribution in [0.25, 0.3) is 0 Å². The lowest BCUT2D eigenvalue weighted by Crippen LogP contribution is -2.01. The molecule has 0 bridgehead atoms. The average Bonchev–Trinajstić information content (AvgIpc) is 2.51. The summed E-state index contributed by atoms with van der Waals surface area (Å²) in [4.78, 5) is 0. The third kappa shape index (κ3) is 2.69. The number of halogens is 1. The highest BCUT2D eigenvalue weighted by Crippen LogP contribution is 2.33. The largest absolute Gasteiger partial charge is 0.492 e. The van der Waals surface area contributed by atoms with Gasteiger partial charge in [0.2, 0.25) is 0 Å². The molecule has 0 saturated carbocycles. The van der Waals surface area contributed by atoms with Gasteiger partial charge in [0, 0.05) is 0 Å². The van der Waals surface area contributed by atoms with E-state index in [2.05, 4.69) is 6.07 Å². The minimum Gasteiger partial charge on any atom is -0.492 e. The Labute approximate surface area is 102 Å². The number of hydrogen-bond acceptors (Lipinski definition) is 2. The van der Waals surface area contributed by atoms with Crippen LogP contribution in [-0.2, 0) is 12.8 Å². The Bertz CT molecular complexity index is 365. The Kier molecular flexibility index (Phi) is 4.08. The summed E-state index contributed by atoms with van der Waals surface area (Å²) in [6, 6.07) is 4.24. The molecule has 0 amide bonds. The van der Waals surface area contributed by atoms with Crippen molar-refractivity contribution in [3.63, 3.8) is 0 Å². The van der Waals surface area contributed by atoms with Crippen molar-refractivity contribution in [1.82, 2.24) is 0 Å². The molecule has 1 aliphatic heterocycles. The van der Waals surface area contributed by atoms with Crippen LogP contribution in [0.1, 0.15) is 30.4 Å². The van der Waals surface area contributed by atoms with Gasteiger partial charge in [-0.2, -0.15) is 0 Å². The van der Waals surface area contributed by atoms with E-state index in [-0.39, 0.29) is 0 Å². The molecule has 2 rings (SSSR count). The van der Waals surface area contributed by atoms with Crippen LogP contribution in [0, 0.1) is 0 Å². The highest BCUT2D eigenvalue weighted by molar-refractivity contribution is 6.32. The number of rotatable bonds is 3. The van der Waals surface area contributed by atoms with Crippen molar-refractivity contribution < 1.29 is 4.74 Å². The fourth-order valence-electron chi connectivity index (χ4n) is 2.10. The third-order valence-electron chi connectivity index (χ3n) is 2.94. The van der Waals surface area contributed by atoms with Gasteiger partial charge in [-0.15, -0.1) is 0 Å². The summed E-state index contributed by atoms with van der Waals surface area (Å²) in [6.45, 7) is 1.51. The minimum absolute atomic E-state index is 0.727. The van der Waals surface area contributed by atoms with E-state index in [9.17, 15) is 0 Å². The molecule has 0 spiro atoms. The lowest BCUT2D eigenvalue weighted by atomic mass is 10.0. The second-order valence-corrected chi connectivity index (χ2v) is 4.67.